The van der Waals surface area contributed by atoms with Crippen LogP contribution in [-0.2, 0) is 6.54 Å². The summed E-state index contributed by atoms with van der Waals surface area (Å²) in [5, 5.41) is 12.0. The van der Waals surface area contributed by atoms with Crippen LogP contribution in [0.5, 0.6) is 5.75 Å². The van der Waals surface area contributed by atoms with Crippen molar-refractivity contribution in [2.75, 3.05) is 6.61 Å². The van der Waals surface area contributed by atoms with Crippen LogP contribution in [0, 0.1) is 0 Å². The minimum Gasteiger partial charge on any atom is -0.405 e. The van der Waals surface area contributed by atoms with E-state index in [1.165, 1.54) is 12.1 Å². The van der Waals surface area contributed by atoms with Gasteiger partial charge >= 0.3 is 6.36 Å². The van der Waals surface area contributed by atoms with Gasteiger partial charge in [0.05, 0.1) is 6.61 Å². The zero-order valence-corrected chi connectivity index (χ0v) is 10.2. The number of rotatable bonds is 5. The van der Waals surface area contributed by atoms with Crippen molar-refractivity contribution in [1.29, 1.82) is 0 Å². The Balaban J connectivity index is 2.77. The first kappa shape index (κ1) is 14.8. The zero-order valence-electron chi connectivity index (χ0n) is 10.2. The molecule has 0 aliphatic heterocycles. The van der Waals surface area contributed by atoms with Gasteiger partial charge in [0.1, 0.15) is 5.75 Å². The highest BCUT2D eigenvalue weighted by atomic mass is 19.4. The Morgan fingerprint density at radius 2 is 1.83 bits per heavy atom. The summed E-state index contributed by atoms with van der Waals surface area (Å²) in [7, 11) is 0. The molecule has 0 atom stereocenters. The second kappa shape index (κ2) is 5.58. The van der Waals surface area contributed by atoms with Crippen LogP contribution in [-0.4, -0.2) is 23.6 Å². The van der Waals surface area contributed by atoms with Crippen molar-refractivity contribution in [1.82, 2.24) is 5.32 Å². The quantitative estimate of drug-likeness (QED) is 0.857. The molecule has 0 aliphatic rings. The predicted molar refractivity (Wildman–Crippen MR) is 61.1 cm³/mol. The molecule has 18 heavy (non-hydrogen) atoms. The molecule has 0 radical (unpaired) electrons. The zero-order chi connectivity index (χ0) is 13.8. The van der Waals surface area contributed by atoms with E-state index in [9.17, 15) is 13.2 Å². The van der Waals surface area contributed by atoms with Gasteiger partial charge in [-0.3, -0.25) is 0 Å². The molecule has 1 rings (SSSR count). The van der Waals surface area contributed by atoms with E-state index in [-0.39, 0.29) is 18.9 Å². The fourth-order valence-corrected chi connectivity index (χ4v) is 1.26. The number of aliphatic hydroxyl groups excluding tert-OH is 1. The molecule has 0 fully saturated rings. The van der Waals surface area contributed by atoms with Crippen LogP contribution in [0.1, 0.15) is 19.4 Å². The Labute approximate surface area is 104 Å². The molecule has 0 aliphatic carbocycles. The van der Waals surface area contributed by atoms with Crippen LogP contribution in [0.2, 0.25) is 0 Å². The Morgan fingerprint density at radius 3 is 2.39 bits per heavy atom. The number of para-hydroxylation sites is 1. The Bertz CT molecular complexity index is 391. The highest BCUT2D eigenvalue weighted by molar-refractivity contribution is 5.33. The van der Waals surface area contributed by atoms with Crippen molar-refractivity contribution in [2.24, 2.45) is 0 Å². The normalized spacial score (nSPS) is 12.6. The van der Waals surface area contributed by atoms with E-state index < -0.39 is 11.9 Å². The molecule has 2 N–H and O–H groups in total. The maximum Gasteiger partial charge on any atom is 0.573 e. The molecule has 0 aromatic heterocycles. The van der Waals surface area contributed by atoms with E-state index in [0.717, 1.165) is 0 Å². The van der Waals surface area contributed by atoms with Gasteiger partial charge < -0.3 is 15.2 Å². The molecule has 0 saturated carbocycles. The van der Waals surface area contributed by atoms with Crippen molar-refractivity contribution in [3.8, 4) is 5.75 Å². The number of aliphatic hydroxyl groups is 1. The summed E-state index contributed by atoms with van der Waals surface area (Å²) < 4.78 is 40.5. The lowest BCUT2D eigenvalue weighted by Crippen LogP contribution is -2.42. The molecule has 0 saturated heterocycles. The van der Waals surface area contributed by atoms with Gasteiger partial charge in [0.25, 0.3) is 0 Å². The molecule has 0 bridgehead atoms. The monoisotopic (exact) mass is 263 g/mol. The van der Waals surface area contributed by atoms with Crippen LogP contribution >= 0.6 is 0 Å². The lowest BCUT2D eigenvalue weighted by atomic mass is 10.1. The summed E-state index contributed by atoms with van der Waals surface area (Å²) in [5.74, 6) is -0.230. The maximum absolute atomic E-state index is 12.2. The van der Waals surface area contributed by atoms with E-state index in [4.69, 9.17) is 5.11 Å². The molecular weight excluding hydrogens is 247 g/mol. The summed E-state index contributed by atoms with van der Waals surface area (Å²) in [6.07, 6.45) is -4.71. The minimum atomic E-state index is -4.71. The number of hydrogen-bond donors (Lipinski definition) is 2. The smallest absolute Gasteiger partial charge is 0.405 e. The van der Waals surface area contributed by atoms with Crippen molar-refractivity contribution < 1.29 is 23.0 Å². The standard InChI is InChI=1S/C12H16F3NO2/c1-11(2,8-17)16-7-9-5-3-4-6-10(9)18-12(13,14)15/h3-6,16-17H,7-8H2,1-2H3. The first-order chi connectivity index (χ1) is 8.23. The van der Waals surface area contributed by atoms with Crippen LogP contribution in [0.25, 0.3) is 0 Å². The van der Waals surface area contributed by atoms with Crippen molar-refractivity contribution in [2.45, 2.75) is 32.3 Å². The van der Waals surface area contributed by atoms with Gasteiger partial charge in [-0.15, -0.1) is 13.2 Å². The first-order valence-corrected chi connectivity index (χ1v) is 5.43. The van der Waals surface area contributed by atoms with E-state index in [2.05, 4.69) is 10.1 Å². The summed E-state index contributed by atoms with van der Waals surface area (Å²) >= 11 is 0. The minimum absolute atomic E-state index is 0.116. The van der Waals surface area contributed by atoms with Crippen LogP contribution in [0.15, 0.2) is 24.3 Å². The van der Waals surface area contributed by atoms with Gasteiger partial charge in [0.15, 0.2) is 0 Å². The van der Waals surface area contributed by atoms with Gasteiger partial charge in [-0.25, -0.2) is 0 Å². The average Bonchev–Trinajstić information content (AvgIpc) is 2.26. The Morgan fingerprint density at radius 1 is 1.22 bits per heavy atom. The lowest BCUT2D eigenvalue weighted by Gasteiger charge is -2.24. The Kier molecular flexibility index (Phi) is 4.59. The molecule has 1 aromatic rings. The van der Waals surface area contributed by atoms with Gasteiger partial charge in [-0.1, -0.05) is 18.2 Å². The fourth-order valence-electron chi connectivity index (χ4n) is 1.26. The molecule has 102 valence electrons. The van der Waals surface area contributed by atoms with E-state index in [1.54, 1.807) is 26.0 Å². The number of hydrogen-bond acceptors (Lipinski definition) is 3. The second-order valence-corrected chi connectivity index (χ2v) is 4.55. The summed E-state index contributed by atoms with van der Waals surface area (Å²) in [5.41, 5.74) is -0.179. The van der Waals surface area contributed by atoms with E-state index >= 15 is 0 Å². The number of nitrogens with one attached hydrogen (secondary N) is 1. The first-order valence-electron chi connectivity index (χ1n) is 5.43. The van der Waals surface area contributed by atoms with Crippen molar-refractivity contribution >= 4 is 0 Å². The van der Waals surface area contributed by atoms with Gasteiger partial charge in [-0.2, -0.15) is 0 Å². The molecule has 0 heterocycles. The number of alkyl halides is 3. The lowest BCUT2D eigenvalue weighted by molar-refractivity contribution is -0.274. The Hall–Kier alpha value is -1.27. The third-order valence-corrected chi connectivity index (χ3v) is 2.35. The molecule has 0 spiro atoms. The second-order valence-electron chi connectivity index (χ2n) is 4.55. The SMILES string of the molecule is CC(C)(CO)NCc1ccccc1OC(F)(F)F. The summed E-state index contributed by atoms with van der Waals surface area (Å²) in [6, 6.07) is 5.91. The number of benzene rings is 1. The van der Waals surface area contributed by atoms with Crippen LogP contribution in [0.4, 0.5) is 13.2 Å². The van der Waals surface area contributed by atoms with Crippen molar-refractivity contribution in [3.63, 3.8) is 0 Å². The van der Waals surface area contributed by atoms with Gasteiger partial charge in [0, 0.05) is 17.6 Å². The summed E-state index contributed by atoms with van der Waals surface area (Å²) in [6.45, 7) is 3.57. The highest BCUT2D eigenvalue weighted by Crippen LogP contribution is 2.26. The largest absolute Gasteiger partial charge is 0.573 e. The van der Waals surface area contributed by atoms with Gasteiger partial charge in [0.2, 0.25) is 0 Å². The molecule has 0 amide bonds. The highest BCUT2D eigenvalue weighted by Gasteiger charge is 2.32. The molecule has 0 unspecified atom stereocenters. The molecule has 3 nitrogen and oxygen atoms in total. The van der Waals surface area contributed by atoms with Crippen LogP contribution < -0.4 is 10.1 Å². The van der Waals surface area contributed by atoms with E-state index in [0.29, 0.717) is 5.56 Å². The van der Waals surface area contributed by atoms with Crippen molar-refractivity contribution in [3.05, 3.63) is 29.8 Å². The summed E-state index contributed by atoms with van der Waals surface area (Å²) in [4.78, 5) is 0. The predicted octanol–water partition coefficient (Wildman–Crippen LogP) is 2.45. The van der Waals surface area contributed by atoms with Crippen LogP contribution in [0.3, 0.4) is 0 Å². The number of halogens is 3. The third kappa shape index (κ3) is 4.93. The van der Waals surface area contributed by atoms with E-state index in [1.807, 2.05) is 0 Å². The number of ether oxygens (including phenoxy) is 1. The maximum atomic E-state index is 12.2. The topological polar surface area (TPSA) is 41.5 Å². The molecule has 1 aromatic carbocycles. The molecular formula is C12H16F3NO2. The third-order valence-electron chi connectivity index (χ3n) is 2.35. The average molecular weight is 263 g/mol. The fraction of sp³-hybridized carbons (Fsp3) is 0.500. The van der Waals surface area contributed by atoms with Gasteiger partial charge in [-0.05, 0) is 19.9 Å². The molecule has 6 heteroatoms.